The van der Waals surface area contributed by atoms with E-state index in [2.05, 4.69) is 5.32 Å². The molecule has 1 N–H and O–H groups in total. The van der Waals surface area contributed by atoms with Gasteiger partial charge < -0.3 is 19.7 Å². The molecule has 0 aliphatic carbocycles. The third kappa shape index (κ3) is 3.39. The van der Waals surface area contributed by atoms with Gasteiger partial charge in [-0.2, -0.15) is 0 Å². The molecule has 0 fully saturated rings. The minimum absolute atomic E-state index is 0.0781. The Kier molecular flexibility index (Phi) is 4.37. The van der Waals surface area contributed by atoms with Gasteiger partial charge in [0.15, 0.2) is 0 Å². The van der Waals surface area contributed by atoms with Gasteiger partial charge in [-0.15, -0.1) is 0 Å². The van der Waals surface area contributed by atoms with Crippen molar-refractivity contribution in [2.45, 2.75) is 6.92 Å². The highest BCUT2D eigenvalue weighted by Gasteiger charge is 2.20. The van der Waals surface area contributed by atoms with E-state index in [-0.39, 0.29) is 12.5 Å². The molecule has 2 aromatic rings. The number of methoxy groups -OCH3 is 1. The number of hydrogen-bond donors (Lipinski definition) is 1. The maximum atomic E-state index is 12.4. The van der Waals surface area contributed by atoms with E-state index >= 15 is 0 Å². The van der Waals surface area contributed by atoms with E-state index in [4.69, 9.17) is 9.47 Å². The van der Waals surface area contributed by atoms with E-state index in [9.17, 15) is 4.79 Å². The summed E-state index contributed by atoms with van der Waals surface area (Å²) >= 11 is 0. The molecule has 0 aromatic heterocycles. The fourth-order valence-electron chi connectivity index (χ4n) is 2.67. The van der Waals surface area contributed by atoms with Gasteiger partial charge in [-0.1, -0.05) is 18.2 Å². The zero-order valence-electron chi connectivity index (χ0n) is 13.3. The molecule has 0 atom stereocenters. The predicted molar refractivity (Wildman–Crippen MR) is 90.5 cm³/mol. The van der Waals surface area contributed by atoms with Crippen LogP contribution in [0, 0.1) is 6.92 Å². The Bertz CT molecular complexity index is 715. The summed E-state index contributed by atoms with van der Waals surface area (Å²) in [4.78, 5) is 14.4. The summed E-state index contributed by atoms with van der Waals surface area (Å²) in [5.74, 6) is 1.40. The number of fused-ring (bicyclic) bond motifs is 1. The van der Waals surface area contributed by atoms with Crippen LogP contribution in [0.2, 0.25) is 0 Å². The van der Waals surface area contributed by atoms with E-state index in [1.807, 2.05) is 54.3 Å². The lowest BCUT2D eigenvalue weighted by Gasteiger charge is -2.30. The number of rotatable bonds is 4. The van der Waals surface area contributed by atoms with E-state index in [0.29, 0.717) is 24.6 Å². The van der Waals surface area contributed by atoms with Crippen LogP contribution in [0.4, 0.5) is 11.4 Å². The van der Waals surface area contributed by atoms with Crippen LogP contribution in [0.25, 0.3) is 0 Å². The monoisotopic (exact) mass is 312 g/mol. The van der Waals surface area contributed by atoms with Crippen molar-refractivity contribution >= 4 is 17.3 Å². The van der Waals surface area contributed by atoms with Crippen LogP contribution >= 0.6 is 0 Å². The molecule has 5 nitrogen and oxygen atoms in total. The highest BCUT2D eigenvalue weighted by Crippen LogP contribution is 2.31. The molecule has 1 heterocycles. The van der Waals surface area contributed by atoms with Crippen molar-refractivity contribution in [1.29, 1.82) is 0 Å². The predicted octanol–water partition coefficient (Wildman–Crippen LogP) is 2.84. The average Bonchev–Trinajstić information content (AvgIpc) is 2.55. The van der Waals surface area contributed by atoms with Crippen LogP contribution in [0.3, 0.4) is 0 Å². The van der Waals surface area contributed by atoms with Gasteiger partial charge in [0.1, 0.15) is 18.1 Å². The van der Waals surface area contributed by atoms with Gasteiger partial charge in [-0.3, -0.25) is 4.79 Å². The van der Waals surface area contributed by atoms with Gasteiger partial charge in [0.05, 0.1) is 31.6 Å². The average molecular weight is 312 g/mol. The molecule has 1 aliphatic heterocycles. The summed E-state index contributed by atoms with van der Waals surface area (Å²) in [6.07, 6.45) is 0. The minimum Gasteiger partial charge on any atom is -0.495 e. The second-order valence-electron chi connectivity index (χ2n) is 5.49. The Morgan fingerprint density at radius 3 is 2.96 bits per heavy atom. The molecule has 0 radical (unpaired) electrons. The van der Waals surface area contributed by atoms with Crippen molar-refractivity contribution in [1.82, 2.24) is 0 Å². The lowest BCUT2D eigenvalue weighted by Crippen LogP contribution is -2.38. The van der Waals surface area contributed by atoms with Crippen molar-refractivity contribution in [2.75, 3.05) is 37.0 Å². The van der Waals surface area contributed by atoms with Gasteiger partial charge in [0.2, 0.25) is 5.91 Å². The molecule has 23 heavy (non-hydrogen) atoms. The number of nitrogens with zero attached hydrogens (tertiary/aromatic N) is 1. The summed E-state index contributed by atoms with van der Waals surface area (Å²) in [5.41, 5.74) is 2.71. The van der Waals surface area contributed by atoms with Crippen molar-refractivity contribution < 1.29 is 14.3 Å². The summed E-state index contributed by atoms with van der Waals surface area (Å²) in [6.45, 7) is 3.53. The Morgan fingerprint density at radius 2 is 2.13 bits per heavy atom. The summed E-state index contributed by atoms with van der Waals surface area (Å²) < 4.78 is 10.9. The molecule has 0 saturated carbocycles. The van der Waals surface area contributed by atoms with Gasteiger partial charge in [-0.25, -0.2) is 0 Å². The smallest absolute Gasteiger partial charge is 0.243 e. The third-order valence-corrected chi connectivity index (χ3v) is 3.79. The van der Waals surface area contributed by atoms with Crippen LogP contribution in [0.1, 0.15) is 5.56 Å². The van der Waals surface area contributed by atoms with E-state index in [0.717, 1.165) is 17.0 Å². The number of anilines is 2. The first-order valence-electron chi connectivity index (χ1n) is 7.58. The molecule has 0 unspecified atom stereocenters. The fraction of sp³-hybridized carbons (Fsp3) is 0.278. The van der Waals surface area contributed by atoms with Crippen LogP contribution < -0.4 is 19.7 Å². The number of hydrogen-bond acceptors (Lipinski definition) is 4. The second kappa shape index (κ2) is 6.60. The van der Waals surface area contributed by atoms with Crippen molar-refractivity contribution in [3.05, 3.63) is 48.0 Å². The Morgan fingerprint density at radius 1 is 1.30 bits per heavy atom. The molecule has 1 aliphatic rings. The highest BCUT2D eigenvalue weighted by molar-refractivity contribution is 5.95. The van der Waals surface area contributed by atoms with Crippen LogP contribution in [0.15, 0.2) is 42.5 Å². The zero-order chi connectivity index (χ0) is 16.2. The normalized spacial score (nSPS) is 13.0. The molecule has 3 rings (SSSR count). The fourth-order valence-corrected chi connectivity index (χ4v) is 2.67. The SMILES string of the molecule is COc1ccc(C)cc1NC(=O)CN1CCOc2ccccc21. The Balaban J connectivity index is 1.73. The summed E-state index contributed by atoms with van der Waals surface area (Å²) in [6, 6.07) is 13.5. The number of nitrogens with one attached hydrogen (secondary N) is 1. The maximum absolute atomic E-state index is 12.4. The molecule has 0 saturated heterocycles. The largest absolute Gasteiger partial charge is 0.495 e. The van der Waals surface area contributed by atoms with E-state index in [1.54, 1.807) is 7.11 Å². The molecule has 5 heteroatoms. The first-order valence-corrected chi connectivity index (χ1v) is 7.58. The van der Waals surface area contributed by atoms with E-state index in [1.165, 1.54) is 0 Å². The van der Waals surface area contributed by atoms with Crippen LogP contribution in [-0.2, 0) is 4.79 Å². The molecular weight excluding hydrogens is 292 g/mol. The molecule has 0 spiro atoms. The number of benzene rings is 2. The first-order chi connectivity index (χ1) is 11.2. The molecule has 2 aromatic carbocycles. The Labute approximate surface area is 135 Å². The van der Waals surface area contributed by atoms with Crippen LogP contribution in [-0.4, -0.2) is 32.7 Å². The van der Waals surface area contributed by atoms with Crippen molar-refractivity contribution in [3.63, 3.8) is 0 Å². The molecule has 120 valence electrons. The highest BCUT2D eigenvalue weighted by atomic mass is 16.5. The minimum atomic E-state index is -0.0781. The number of para-hydroxylation sites is 2. The van der Waals surface area contributed by atoms with Crippen molar-refractivity contribution in [3.8, 4) is 11.5 Å². The summed E-state index contributed by atoms with van der Waals surface area (Å²) in [5, 5.41) is 2.93. The zero-order valence-corrected chi connectivity index (χ0v) is 13.3. The number of carbonyl (C=O) groups is 1. The van der Waals surface area contributed by atoms with Crippen LogP contribution in [0.5, 0.6) is 11.5 Å². The van der Waals surface area contributed by atoms with E-state index < -0.39 is 0 Å². The first kappa shape index (κ1) is 15.2. The topological polar surface area (TPSA) is 50.8 Å². The molecular formula is C18H20N2O3. The second-order valence-corrected chi connectivity index (χ2v) is 5.49. The Hall–Kier alpha value is -2.69. The third-order valence-electron chi connectivity index (χ3n) is 3.79. The van der Waals surface area contributed by atoms with Gasteiger partial charge in [-0.05, 0) is 36.8 Å². The quantitative estimate of drug-likeness (QED) is 0.943. The standard InChI is InChI=1S/C18H20N2O3/c1-13-7-8-16(22-2)14(11-13)19-18(21)12-20-9-10-23-17-6-4-3-5-15(17)20/h3-8,11H,9-10,12H2,1-2H3,(H,19,21). The lowest BCUT2D eigenvalue weighted by molar-refractivity contribution is -0.115. The number of aryl methyl sites for hydroxylation is 1. The lowest BCUT2D eigenvalue weighted by atomic mass is 10.2. The number of ether oxygens (including phenoxy) is 2. The number of amides is 1. The number of carbonyl (C=O) groups excluding carboxylic acids is 1. The van der Waals surface area contributed by atoms with Gasteiger partial charge in [0, 0.05) is 0 Å². The summed E-state index contributed by atoms with van der Waals surface area (Å²) in [7, 11) is 1.60. The molecule has 1 amide bonds. The molecule has 0 bridgehead atoms. The van der Waals surface area contributed by atoms with Crippen molar-refractivity contribution in [2.24, 2.45) is 0 Å². The van der Waals surface area contributed by atoms with Gasteiger partial charge in [0.25, 0.3) is 0 Å². The van der Waals surface area contributed by atoms with Gasteiger partial charge >= 0.3 is 0 Å². The maximum Gasteiger partial charge on any atom is 0.243 e.